The fourth-order valence-corrected chi connectivity index (χ4v) is 1.43. The van der Waals surface area contributed by atoms with Crippen molar-refractivity contribution in [3.63, 3.8) is 0 Å². The minimum atomic E-state index is -1.02. The summed E-state index contributed by atoms with van der Waals surface area (Å²) < 4.78 is 0. The van der Waals surface area contributed by atoms with E-state index in [2.05, 4.69) is 0 Å². The van der Waals surface area contributed by atoms with Crippen molar-refractivity contribution in [1.82, 2.24) is 0 Å². The van der Waals surface area contributed by atoms with E-state index in [-0.39, 0.29) is 6.42 Å². The van der Waals surface area contributed by atoms with Crippen LogP contribution in [-0.4, -0.2) is 27.2 Å². The molecule has 3 nitrogen and oxygen atoms in total. The van der Waals surface area contributed by atoms with Gasteiger partial charge in [-0.15, -0.1) is 0 Å². The number of carbonyl (C=O) groups is 1. The molecule has 4 heteroatoms. The van der Waals surface area contributed by atoms with Crippen LogP contribution in [0.25, 0.3) is 0 Å². The van der Waals surface area contributed by atoms with Gasteiger partial charge < -0.3 is 10.2 Å². The Balaban J connectivity index is 2.69. The quantitative estimate of drug-likeness (QED) is 0.666. The number of hydrogen-bond donors (Lipinski definition) is 2. The molecule has 0 aliphatic heterocycles. The molecular weight excluding hydrogens is 188 g/mol. The van der Waals surface area contributed by atoms with E-state index in [1.54, 1.807) is 12.2 Å². The summed E-state index contributed by atoms with van der Waals surface area (Å²) in [6, 6.07) is 0. The lowest BCUT2D eigenvalue weighted by molar-refractivity contribution is -0.138. The molecule has 0 aromatic rings. The molecule has 0 fully saturated rings. The molecule has 1 atom stereocenters. The van der Waals surface area contributed by atoms with E-state index < -0.39 is 12.1 Å². The predicted molar refractivity (Wildman–Crippen MR) is 52.7 cm³/mol. The molecule has 13 heavy (non-hydrogen) atoms. The largest absolute Gasteiger partial charge is 0.481 e. The Labute approximate surface area is 81.4 Å². The van der Waals surface area contributed by atoms with Crippen LogP contribution in [0.1, 0.15) is 12.8 Å². The second-order valence-electron chi connectivity index (χ2n) is 2.79. The molecule has 1 unspecified atom stereocenters. The van der Waals surface area contributed by atoms with Gasteiger partial charge in [0.05, 0.1) is 12.5 Å². The van der Waals surface area contributed by atoms with E-state index >= 15 is 0 Å². The van der Waals surface area contributed by atoms with Gasteiger partial charge in [0.25, 0.3) is 0 Å². The zero-order valence-corrected chi connectivity index (χ0v) is 7.75. The van der Waals surface area contributed by atoms with E-state index in [1.165, 1.54) is 0 Å². The predicted octanol–water partition coefficient (Wildman–Crippen LogP) is 1.08. The summed E-state index contributed by atoms with van der Waals surface area (Å²) in [6.45, 7) is 0. The number of carboxylic acids is 1. The Morgan fingerprint density at radius 3 is 2.92 bits per heavy atom. The highest BCUT2D eigenvalue weighted by atomic mass is 32.1. The lowest BCUT2D eigenvalue weighted by atomic mass is 9.98. The molecule has 0 heterocycles. The van der Waals surface area contributed by atoms with Gasteiger partial charge in [0.15, 0.2) is 0 Å². The smallest absolute Gasteiger partial charge is 0.306 e. The fraction of sp³-hybridized carbons (Fsp3) is 0.333. The fourth-order valence-electron chi connectivity index (χ4n) is 1.13. The Bertz CT molecular complexity index is 291. The van der Waals surface area contributed by atoms with Gasteiger partial charge in [-0.05, 0) is 5.57 Å². The van der Waals surface area contributed by atoms with Gasteiger partial charge in [0, 0.05) is 11.3 Å². The first-order valence-corrected chi connectivity index (χ1v) is 4.32. The van der Waals surface area contributed by atoms with Gasteiger partial charge in [-0.2, -0.15) is 0 Å². The van der Waals surface area contributed by atoms with Crippen LogP contribution in [0.15, 0.2) is 23.8 Å². The minimum Gasteiger partial charge on any atom is -0.481 e. The van der Waals surface area contributed by atoms with Gasteiger partial charge in [0.1, 0.15) is 0 Å². The maximum Gasteiger partial charge on any atom is 0.306 e. The number of aliphatic hydroxyl groups excluding tert-OH is 1. The molecule has 0 aromatic heterocycles. The second-order valence-corrected chi connectivity index (χ2v) is 3.28. The molecule has 1 aliphatic carbocycles. The number of allylic oxidation sites excluding steroid dienone is 3. The van der Waals surface area contributed by atoms with Crippen molar-refractivity contribution in [2.75, 3.05) is 0 Å². The lowest BCUT2D eigenvalue weighted by Crippen LogP contribution is -2.21. The monoisotopic (exact) mass is 198 g/mol. The molecule has 0 spiro atoms. The van der Waals surface area contributed by atoms with Gasteiger partial charge in [-0.3, -0.25) is 4.79 Å². The van der Waals surface area contributed by atoms with Crippen molar-refractivity contribution in [1.29, 1.82) is 0 Å². The lowest BCUT2D eigenvalue weighted by Gasteiger charge is -2.15. The highest BCUT2D eigenvalue weighted by Gasteiger charge is 2.18. The maximum atomic E-state index is 10.3. The molecule has 0 radical (unpaired) electrons. The summed E-state index contributed by atoms with van der Waals surface area (Å²) in [5.74, 6) is -1.02. The number of rotatable bonds is 3. The van der Waals surface area contributed by atoms with Gasteiger partial charge in [-0.25, -0.2) is 0 Å². The molecule has 0 amide bonds. The Hall–Kier alpha value is -1.00. The molecule has 0 saturated carbocycles. The summed E-state index contributed by atoms with van der Waals surface area (Å²) in [4.78, 5) is 10.9. The average molecular weight is 198 g/mol. The van der Waals surface area contributed by atoms with Crippen LogP contribution in [0.4, 0.5) is 0 Å². The molecule has 2 N–H and O–H groups in total. The Morgan fingerprint density at radius 1 is 1.69 bits per heavy atom. The van der Waals surface area contributed by atoms with E-state index in [0.717, 1.165) is 0 Å². The zero-order chi connectivity index (χ0) is 9.84. The third kappa shape index (κ3) is 2.75. The summed E-state index contributed by atoms with van der Waals surface area (Å²) in [5.41, 5.74) is 0.555. The molecule has 70 valence electrons. The molecular formula is C9H10O3S. The summed E-state index contributed by atoms with van der Waals surface area (Å²) in [6.07, 6.45) is 4.65. The van der Waals surface area contributed by atoms with Crippen LogP contribution in [-0.2, 0) is 4.79 Å². The van der Waals surface area contributed by atoms with E-state index in [0.29, 0.717) is 16.9 Å². The summed E-state index contributed by atoms with van der Waals surface area (Å²) in [7, 11) is 0. The standard InChI is InChI=1S/C9H10O3S/c10-7(5-9(11)12)6-3-1-2-4-8(6)13/h1-3,7,10H,4-5H2,(H,11,12). The third-order valence-electron chi connectivity index (χ3n) is 1.76. The van der Waals surface area contributed by atoms with E-state index in [9.17, 15) is 9.90 Å². The highest BCUT2D eigenvalue weighted by Crippen LogP contribution is 2.15. The van der Waals surface area contributed by atoms with Crippen LogP contribution in [0.5, 0.6) is 0 Å². The van der Waals surface area contributed by atoms with E-state index in [4.69, 9.17) is 17.3 Å². The normalized spacial score (nSPS) is 18.2. The first-order valence-electron chi connectivity index (χ1n) is 3.91. The summed E-state index contributed by atoms with van der Waals surface area (Å²) in [5, 5.41) is 17.9. The van der Waals surface area contributed by atoms with Crippen LogP contribution in [0, 0.1) is 0 Å². The zero-order valence-electron chi connectivity index (χ0n) is 6.93. The maximum absolute atomic E-state index is 10.3. The number of aliphatic carboxylic acids is 1. The van der Waals surface area contributed by atoms with Crippen molar-refractivity contribution in [3.05, 3.63) is 23.8 Å². The second kappa shape index (κ2) is 4.30. The topological polar surface area (TPSA) is 57.5 Å². The van der Waals surface area contributed by atoms with Gasteiger partial charge in [-0.1, -0.05) is 30.4 Å². The van der Waals surface area contributed by atoms with Gasteiger partial charge in [0.2, 0.25) is 0 Å². The van der Waals surface area contributed by atoms with Crippen molar-refractivity contribution in [3.8, 4) is 0 Å². The third-order valence-corrected chi connectivity index (χ3v) is 2.17. The molecule has 0 saturated heterocycles. The highest BCUT2D eigenvalue weighted by molar-refractivity contribution is 7.80. The van der Waals surface area contributed by atoms with E-state index in [1.807, 2.05) is 6.08 Å². The van der Waals surface area contributed by atoms with Crippen molar-refractivity contribution in [2.45, 2.75) is 18.9 Å². The van der Waals surface area contributed by atoms with Crippen LogP contribution < -0.4 is 0 Å². The number of thiocarbonyl (C=S) groups is 1. The number of aliphatic hydroxyl groups is 1. The minimum absolute atomic E-state index is 0.292. The Kier molecular flexibility index (Phi) is 3.33. The SMILES string of the molecule is O=C(O)CC(O)C1=CC=CCC1=S. The van der Waals surface area contributed by atoms with Crippen LogP contribution in [0.2, 0.25) is 0 Å². The van der Waals surface area contributed by atoms with Crippen LogP contribution >= 0.6 is 12.2 Å². The van der Waals surface area contributed by atoms with Crippen molar-refractivity contribution < 1.29 is 15.0 Å². The molecule has 1 aliphatic rings. The average Bonchev–Trinajstić information content (AvgIpc) is 2.03. The Morgan fingerprint density at radius 2 is 2.38 bits per heavy atom. The molecule has 0 aromatic carbocycles. The molecule has 1 rings (SSSR count). The number of carboxylic acid groups (broad SMARTS) is 1. The molecule has 0 bridgehead atoms. The first-order chi connectivity index (χ1) is 6.11. The van der Waals surface area contributed by atoms with Crippen molar-refractivity contribution >= 4 is 23.1 Å². The van der Waals surface area contributed by atoms with Gasteiger partial charge >= 0.3 is 5.97 Å². The first kappa shape index (κ1) is 10.1. The number of hydrogen-bond acceptors (Lipinski definition) is 3. The summed E-state index contributed by atoms with van der Waals surface area (Å²) >= 11 is 4.98. The van der Waals surface area contributed by atoms with Crippen molar-refractivity contribution in [2.24, 2.45) is 0 Å². The van der Waals surface area contributed by atoms with Crippen LogP contribution in [0.3, 0.4) is 0 Å².